The van der Waals surface area contributed by atoms with Crippen LogP contribution in [0.4, 0.5) is 4.79 Å². The lowest BCUT2D eigenvalue weighted by Crippen LogP contribution is -2.41. The fourth-order valence-electron chi connectivity index (χ4n) is 4.37. The summed E-state index contributed by atoms with van der Waals surface area (Å²) in [7, 11) is 0. The van der Waals surface area contributed by atoms with Crippen molar-refractivity contribution >= 4 is 34.5 Å². The molecule has 1 aliphatic rings. The molecule has 3 aromatic rings. The van der Waals surface area contributed by atoms with Crippen LogP contribution >= 0.6 is 11.6 Å². The van der Waals surface area contributed by atoms with Gasteiger partial charge >= 0.3 is 6.09 Å². The highest BCUT2D eigenvalue weighted by Gasteiger charge is 2.35. The van der Waals surface area contributed by atoms with Crippen LogP contribution in [0.5, 0.6) is 0 Å². The minimum Gasteiger partial charge on any atom is -0.450 e. The van der Waals surface area contributed by atoms with Gasteiger partial charge in [0.05, 0.1) is 6.61 Å². The summed E-state index contributed by atoms with van der Waals surface area (Å²) in [5.41, 5.74) is 4.58. The molecule has 1 atom stereocenters. The van der Waals surface area contributed by atoms with Crippen molar-refractivity contribution in [2.45, 2.75) is 26.3 Å². The number of nitrogens with zero attached hydrogens (tertiary/aromatic N) is 1. The van der Waals surface area contributed by atoms with Crippen molar-refractivity contribution in [1.82, 2.24) is 20.5 Å². The van der Waals surface area contributed by atoms with E-state index >= 15 is 0 Å². The standard InChI is InChI=1S/C25H29ClN4O3/c1-3-27-12-13-28-24(31)17-7-5-16(6-8-17)23-22-19(11-14-30(23)25(32)33-4-2)20-15-18(26)9-10-21(20)29-22/h5-10,15,23,27,29H,3-4,11-14H2,1-2H3,(H,28,31). The van der Waals surface area contributed by atoms with Gasteiger partial charge in [0.2, 0.25) is 0 Å². The Hall–Kier alpha value is -3.03. The second-order valence-electron chi connectivity index (χ2n) is 7.98. The number of aromatic nitrogens is 1. The maximum Gasteiger partial charge on any atom is 0.410 e. The highest BCUT2D eigenvalue weighted by atomic mass is 35.5. The first-order valence-corrected chi connectivity index (χ1v) is 11.7. The molecule has 33 heavy (non-hydrogen) atoms. The Bertz CT molecular complexity index is 1140. The summed E-state index contributed by atoms with van der Waals surface area (Å²) in [4.78, 5) is 30.5. The molecule has 2 amide bonds. The average Bonchev–Trinajstić information content (AvgIpc) is 3.19. The third-order valence-corrected chi connectivity index (χ3v) is 6.15. The number of hydrogen-bond donors (Lipinski definition) is 3. The number of nitrogens with one attached hydrogen (secondary N) is 3. The first-order chi connectivity index (χ1) is 16.0. The molecule has 1 unspecified atom stereocenters. The smallest absolute Gasteiger partial charge is 0.410 e. The molecule has 0 saturated carbocycles. The molecule has 3 N–H and O–H groups in total. The van der Waals surface area contributed by atoms with E-state index in [-0.39, 0.29) is 18.0 Å². The Kier molecular flexibility index (Phi) is 7.20. The Balaban J connectivity index is 1.66. The number of hydrogen-bond acceptors (Lipinski definition) is 4. The fourth-order valence-corrected chi connectivity index (χ4v) is 4.54. The number of amides is 2. The van der Waals surface area contributed by atoms with Gasteiger partial charge in [-0.15, -0.1) is 0 Å². The Morgan fingerprint density at radius 1 is 1.15 bits per heavy atom. The van der Waals surface area contributed by atoms with Crippen molar-refractivity contribution in [3.8, 4) is 0 Å². The van der Waals surface area contributed by atoms with Gasteiger partial charge in [0.15, 0.2) is 0 Å². The molecule has 8 heteroatoms. The molecule has 174 valence electrons. The summed E-state index contributed by atoms with van der Waals surface area (Å²) in [6, 6.07) is 12.8. The van der Waals surface area contributed by atoms with Crippen LogP contribution < -0.4 is 10.6 Å². The zero-order valence-electron chi connectivity index (χ0n) is 18.9. The zero-order valence-corrected chi connectivity index (χ0v) is 19.7. The number of carbonyl (C=O) groups excluding carboxylic acids is 2. The lowest BCUT2D eigenvalue weighted by atomic mass is 9.92. The van der Waals surface area contributed by atoms with Crippen molar-refractivity contribution in [3.05, 3.63) is 69.9 Å². The van der Waals surface area contributed by atoms with Gasteiger partial charge in [-0.3, -0.25) is 9.69 Å². The van der Waals surface area contributed by atoms with Crippen molar-refractivity contribution < 1.29 is 14.3 Å². The third kappa shape index (κ3) is 4.84. The molecule has 2 aromatic carbocycles. The fraction of sp³-hybridized carbons (Fsp3) is 0.360. The van der Waals surface area contributed by atoms with Crippen LogP contribution in [-0.2, 0) is 11.2 Å². The number of aromatic amines is 1. The van der Waals surface area contributed by atoms with Crippen LogP contribution in [0.15, 0.2) is 42.5 Å². The van der Waals surface area contributed by atoms with E-state index in [4.69, 9.17) is 16.3 Å². The summed E-state index contributed by atoms with van der Waals surface area (Å²) in [5, 5.41) is 7.84. The molecule has 4 rings (SSSR count). The van der Waals surface area contributed by atoms with Gasteiger partial charge in [-0.1, -0.05) is 30.7 Å². The number of benzene rings is 2. The second-order valence-corrected chi connectivity index (χ2v) is 8.42. The summed E-state index contributed by atoms with van der Waals surface area (Å²) >= 11 is 6.25. The number of rotatable bonds is 7. The van der Waals surface area contributed by atoms with E-state index in [1.807, 2.05) is 37.3 Å². The molecular weight excluding hydrogens is 440 g/mol. The molecule has 0 saturated heterocycles. The summed E-state index contributed by atoms with van der Waals surface area (Å²) < 4.78 is 5.35. The number of carbonyl (C=O) groups is 2. The van der Waals surface area contributed by atoms with Crippen molar-refractivity contribution in [2.24, 2.45) is 0 Å². The van der Waals surface area contributed by atoms with Crippen LogP contribution in [0.1, 0.15) is 47.1 Å². The van der Waals surface area contributed by atoms with E-state index in [0.717, 1.165) is 40.8 Å². The predicted octanol–water partition coefficient (Wildman–Crippen LogP) is 4.26. The second kappa shape index (κ2) is 10.3. The average molecular weight is 469 g/mol. The quantitative estimate of drug-likeness (QED) is 0.452. The summed E-state index contributed by atoms with van der Waals surface area (Å²) in [6.45, 7) is 6.82. The minimum absolute atomic E-state index is 0.119. The normalized spacial score (nSPS) is 15.4. The van der Waals surface area contributed by atoms with Gasteiger partial charge in [-0.05, 0) is 61.3 Å². The molecule has 0 spiro atoms. The summed E-state index contributed by atoms with van der Waals surface area (Å²) in [5.74, 6) is -0.119. The SMILES string of the molecule is CCNCCNC(=O)c1ccc(C2c3[nH]c4ccc(Cl)cc4c3CCN2C(=O)OCC)cc1. The van der Waals surface area contributed by atoms with Crippen molar-refractivity contribution in [3.63, 3.8) is 0 Å². The van der Waals surface area contributed by atoms with Gasteiger partial charge in [-0.2, -0.15) is 0 Å². The maximum atomic E-state index is 12.8. The van der Waals surface area contributed by atoms with Crippen molar-refractivity contribution in [1.29, 1.82) is 0 Å². The van der Waals surface area contributed by atoms with E-state index in [2.05, 4.69) is 15.6 Å². The van der Waals surface area contributed by atoms with E-state index in [9.17, 15) is 9.59 Å². The molecule has 7 nitrogen and oxygen atoms in total. The van der Waals surface area contributed by atoms with Gasteiger partial charge in [0, 0.05) is 46.8 Å². The lowest BCUT2D eigenvalue weighted by Gasteiger charge is -2.35. The predicted molar refractivity (Wildman–Crippen MR) is 130 cm³/mol. The zero-order chi connectivity index (χ0) is 23.4. The lowest BCUT2D eigenvalue weighted by molar-refractivity contribution is 0.0926. The molecule has 0 radical (unpaired) electrons. The Labute approximate surface area is 198 Å². The van der Waals surface area contributed by atoms with Crippen LogP contribution in [0.25, 0.3) is 10.9 Å². The minimum atomic E-state index is -0.352. The molecule has 0 aliphatic carbocycles. The molecule has 0 fully saturated rings. The van der Waals surface area contributed by atoms with Crippen LogP contribution in [-0.4, -0.2) is 54.7 Å². The number of H-pyrrole nitrogens is 1. The van der Waals surface area contributed by atoms with E-state index in [0.29, 0.717) is 36.7 Å². The first kappa shape index (κ1) is 23.1. The summed E-state index contributed by atoms with van der Waals surface area (Å²) in [6.07, 6.45) is 0.354. The highest BCUT2D eigenvalue weighted by Crippen LogP contribution is 2.39. The number of fused-ring (bicyclic) bond motifs is 3. The number of halogens is 1. The van der Waals surface area contributed by atoms with Crippen molar-refractivity contribution in [2.75, 3.05) is 32.8 Å². The molecule has 0 bridgehead atoms. The Morgan fingerprint density at radius 3 is 2.67 bits per heavy atom. The highest BCUT2D eigenvalue weighted by molar-refractivity contribution is 6.31. The van der Waals surface area contributed by atoms with E-state index in [1.165, 1.54) is 0 Å². The number of ether oxygens (including phenoxy) is 1. The van der Waals surface area contributed by atoms with Crippen LogP contribution in [0.2, 0.25) is 5.02 Å². The maximum absolute atomic E-state index is 12.8. The third-order valence-electron chi connectivity index (χ3n) is 5.92. The molecule has 1 aromatic heterocycles. The molecule has 1 aliphatic heterocycles. The first-order valence-electron chi connectivity index (χ1n) is 11.4. The topological polar surface area (TPSA) is 86.5 Å². The Morgan fingerprint density at radius 2 is 1.94 bits per heavy atom. The van der Waals surface area contributed by atoms with E-state index in [1.54, 1.807) is 24.0 Å². The van der Waals surface area contributed by atoms with Gasteiger partial charge in [0.25, 0.3) is 5.91 Å². The number of likely N-dealkylation sites (N-methyl/N-ethyl adjacent to an activating group) is 1. The van der Waals surface area contributed by atoms with E-state index < -0.39 is 0 Å². The van der Waals surface area contributed by atoms with Gasteiger partial charge in [0.1, 0.15) is 6.04 Å². The molecule has 2 heterocycles. The molecular formula is C25H29ClN4O3. The van der Waals surface area contributed by atoms with Crippen LogP contribution in [0.3, 0.4) is 0 Å². The van der Waals surface area contributed by atoms with Crippen LogP contribution in [0, 0.1) is 0 Å². The largest absolute Gasteiger partial charge is 0.450 e. The van der Waals surface area contributed by atoms with Gasteiger partial charge < -0.3 is 20.4 Å². The monoisotopic (exact) mass is 468 g/mol. The van der Waals surface area contributed by atoms with Gasteiger partial charge in [-0.25, -0.2) is 4.79 Å².